The Morgan fingerprint density at radius 3 is 2.56 bits per heavy atom. The highest BCUT2D eigenvalue weighted by Crippen LogP contribution is 2.17. The van der Waals surface area contributed by atoms with Crippen LogP contribution in [0.4, 0.5) is 5.69 Å². The monoisotopic (exact) mass is 241 g/mol. The summed E-state index contributed by atoms with van der Waals surface area (Å²) in [5.74, 6) is -1.43. The molecule has 0 aliphatic heterocycles. The predicted molar refractivity (Wildman–Crippen MR) is 60.8 cm³/mol. The molecule has 0 aliphatic rings. The minimum absolute atomic E-state index is 0.00167. The van der Waals surface area contributed by atoms with E-state index in [1.165, 1.54) is 0 Å². The van der Waals surface area contributed by atoms with Crippen LogP contribution < -0.4 is 5.73 Å². The summed E-state index contributed by atoms with van der Waals surface area (Å²) in [6, 6.07) is 6.81. The van der Waals surface area contributed by atoms with E-state index in [0.29, 0.717) is 23.0 Å². The van der Waals surface area contributed by atoms with Crippen molar-refractivity contribution in [3.63, 3.8) is 0 Å². The minimum atomic E-state index is -1.72. The Morgan fingerprint density at radius 2 is 2.00 bits per heavy atom. The zero-order valence-corrected chi connectivity index (χ0v) is 9.11. The van der Waals surface area contributed by atoms with Gasteiger partial charge in [0.05, 0.1) is 0 Å². The summed E-state index contributed by atoms with van der Waals surface area (Å²) in [7, 11) is 0. The van der Waals surface area contributed by atoms with Crippen LogP contribution in [-0.4, -0.2) is 26.7 Å². The SMILES string of the molecule is Nc1ccccc1CC(=O)SC(O)C(=O)O. The predicted octanol–water partition coefficient (Wildman–Crippen LogP) is 0.474. The van der Waals surface area contributed by atoms with E-state index in [0.717, 1.165) is 0 Å². The molecule has 4 N–H and O–H groups in total. The normalized spacial score (nSPS) is 12.1. The molecule has 0 radical (unpaired) electrons. The number of anilines is 1. The largest absolute Gasteiger partial charge is 0.479 e. The van der Waals surface area contributed by atoms with Crippen molar-refractivity contribution in [3.8, 4) is 0 Å². The highest BCUT2D eigenvalue weighted by Gasteiger charge is 2.19. The second-order valence-electron chi connectivity index (χ2n) is 3.06. The van der Waals surface area contributed by atoms with Crippen LogP contribution in [-0.2, 0) is 16.0 Å². The molecule has 0 saturated heterocycles. The first-order valence-corrected chi connectivity index (χ1v) is 5.32. The Kier molecular flexibility index (Phi) is 4.33. The van der Waals surface area contributed by atoms with Crippen LogP contribution in [0.15, 0.2) is 24.3 Å². The quantitative estimate of drug-likeness (QED) is 0.523. The molecular formula is C10H11NO4S. The number of benzene rings is 1. The van der Waals surface area contributed by atoms with Crippen LogP contribution in [0.3, 0.4) is 0 Å². The number of carboxylic acid groups (broad SMARTS) is 1. The summed E-state index contributed by atoms with van der Waals surface area (Å²) in [6.45, 7) is 0. The van der Waals surface area contributed by atoms with Gasteiger partial charge in [-0.05, 0) is 23.4 Å². The zero-order chi connectivity index (χ0) is 12.1. The molecule has 1 unspecified atom stereocenters. The van der Waals surface area contributed by atoms with Gasteiger partial charge in [0.1, 0.15) is 0 Å². The molecule has 86 valence electrons. The molecule has 0 spiro atoms. The second kappa shape index (κ2) is 5.53. The maximum absolute atomic E-state index is 11.4. The number of nitrogen functional groups attached to an aromatic ring is 1. The smallest absolute Gasteiger partial charge is 0.343 e. The van der Waals surface area contributed by atoms with Crippen molar-refractivity contribution in [1.29, 1.82) is 0 Å². The van der Waals surface area contributed by atoms with E-state index in [-0.39, 0.29) is 6.42 Å². The number of hydrogen-bond acceptors (Lipinski definition) is 5. The summed E-state index contributed by atoms with van der Waals surface area (Å²) >= 11 is 0.373. The lowest BCUT2D eigenvalue weighted by atomic mass is 10.1. The molecule has 0 aromatic heterocycles. The average molecular weight is 241 g/mol. The van der Waals surface area contributed by atoms with E-state index in [1.807, 2.05) is 0 Å². The van der Waals surface area contributed by atoms with Crippen LogP contribution in [0, 0.1) is 0 Å². The maximum atomic E-state index is 11.4. The van der Waals surface area contributed by atoms with Crippen LogP contribution in [0.25, 0.3) is 0 Å². The number of rotatable bonds is 4. The molecule has 5 nitrogen and oxygen atoms in total. The second-order valence-corrected chi connectivity index (χ2v) is 4.19. The van der Waals surface area contributed by atoms with Gasteiger partial charge in [-0.2, -0.15) is 0 Å². The molecular weight excluding hydrogens is 230 g/mol. The van der Waals surface area contributed by atoms with Gasteiger partial charge in [0, 0.05) is 12.1 Å². The number of carbonyl (C=O) groups is 2. The molecule has 0 fully saturated rings. The van der Waals surface area contributed by atoms with Crippen LogP contribution in [0.1, 0.15) is 5.56 Å². The Balaban J connectivity index is 2.59. The zero-order valence-electron chi connectivity index (χ0n) is 8.29. The van der Waals surface area contributed by atoms with Crippen molar-refractivity contribution in [1.82, 2.24) is 0 Å². The fourth-order valence-electron chi connectivity index (χ4n) is 1.07. The summed E-state index contributed by atoms with van der Waals surface area (Å²) in [5.41, 5.74) is 4.99. The van der Waals surface area contributed by atoms with Crippen molar-refractivity contribution in [2.75, 3.05) is 5.73 Å². The average Bonchev–Trinajstić information content (AvgIpc) is 2.21. The van der Waals surface area contributed by atoms with E-state index >= 15 is 0 Å². The third kappa shape index (κ3) is 3.56. The molecule has 1 atom stereocenters. The number of nitrogens with two attached hydrogens (primary N) is 1. The topological polar surface area (TPSA) is 101 Å². The molecule has 0 bridgehead atoms. The molecule has 1 aromatic rings. The van der Waals surface area contributed by atoms with Crippen molar-refractivity contribution in [2.24, 2.45) is 0 Å². The third-order valence-corrected chi connectivity index (χ3v) is 2.68. The number of carbonyl (C=O) groups excluding carboxylic acids is 1. The fourth-order valence-corrected chi connectivity index (χ4v) is 1.66. The number of hydrogen-bond donors (Lipinski definition) is 3. The fraction of sp³-hybridized carbons (Fsp3) is 0.200. The van der Waals surface area contributed by atoms with E-state index in [4.69, 9.17) is 15.9 Å². The first-order valence-electron chi connectivity index (χ1n) is 4.44. The highest BCUT2D eigenvalue weighted by atomic mass is 32.2. The van der Waals surface area contributed by atoms with Crippen molar-refractivity contribution < 1.29 is 19.8 Å². The minimum Gasteiger partial charge on any atom is -0.479 e. The van der Waals surface area contributed by atoms with Crippen LogP contribution in [0.2, 0.25) is 0 Å². The van der Waals surface area contributed by atoms with Crippen molar-refractivity contribution >= 4 is 28.5 Å². The molecule has 16 heavy (non-hydrogen) atoms. The summed E-state index contributed by atoms with van der Waals surface area (Å²) in [6.07, 6.45) is 0.00167. The van der Waals surface area contributed by atoms with Gasteiger partial charge in [-0.15, -0.1) is 0 Å². The van der Waals surface area contributed by atoms with Gasteiger partial charge in [0.25, 0.3) is 0 Å². The maximum Gasteiger partial charge on any atom is 0.343 e. The standard InChI is InChI=1S/C10H11NO4S/c11-7-4-2-1-3-6(7)5-8(12)16-10(15)9(13)14/h1-4,10,15H,5,11H2,(H,13,14). The Bertz CT molecular complexity index is 408. The first kappa shape index (κ1) is 12.5. The van der Waals surface area contributed by atoms with E-state index in [9.17, 15) is 9.59 Å². The first-order chi connectivity index (χ1) is 7.50. The molecule has 0 heterocycles. The number of para-hydroxylation sites is 1. The molecule has 6 heteroatoms. The van der Waals surface area contributed by atoms with Crippen molar-refractivity contribution in [2.45, 2.75) is 11.9 Å². The van der Waals surface area contributed by atoms with Gasteiger partial charge in [0.15, 0.2) is 5.12 Å². The van der Waals surface area contributed by atoms with E-state index in [2.05, 4.69) is 0 Å². The highest BCUT2D eigenvalue weighted by molar-refractivity contribution is 8.14. The van der Waals surface area contributed by atoms with Gasteiger partial charge in [-0.25, -0.2) is 4.79 Å². The van der Waals surface area contributed by atoms with Crippen LogP contribution >= 0.6 is 11.8 Å². The third-order valence-electron chi connectivity index (χ3n) is 1.84. The lowest BCUT2D eigenvalue weighted by Crippen LogP contribution is -2.18. The number of carboxylic acids is 1. The lowest BCUT2D eigenvalue weighted by Gasteiger charge is -2.06. The Labute approximate surface area is 96.3 Å². The lowest BCUT2D eigenvalue weighted by molar-refractivity contribution is -0.142. The van der Waals surface area contributed by atoms with Gasteiger partial charge in [-0.3, -0.25) is 4.79 Å². The Morgan fingerprint density at radius 1 is 1.38 bits per heavy atom. The van der Waals surface area contributed by atoms with E-state index < -0.39 is 16.5 Å². The Hall–Kier alpha value is -1.53. The van der Waals surface area contributed by atoms with Crippen molar-refractivity contribution in [3.05, 3.63) is 29.8 Å². The number of thioether (sulfide) groups is 1. The van der Waals surface area contributed by atoms with E-state index in [1.54, 1.807) is 24.3 Å². The summed E-state index contributed by atoms with van der Waals surface area (Å²) < 4.78 is 0. The summed E-state index contributed by atoms with van der Waals surface area (Å²) in [5, 5.41) is 16.9. The van der Waals surface area contributed by atoms with Gasteiger partial charge in [-0.1, -0.05) is 18.2 Å². The van der Waals surface area contributed by atoms with Gasteiger partial charge < -0.3 is 15.9 Å². The molecule has 0 saturated carbocycles. The molecule has 0 aliphatic carbocycles. The van der Waals surface area contributed by atoms with Gasteiger partial charge >= 0.3 is 5.97 Å². The molecule has 0 amide bonds. The summed E-state index contributed by atoms with van der Waals surface area (Å²) in [4.78, 5) is 21.7. The van der Waals surface area contributed by atoms with Crippen LogP contribution in [0.5, 0.6) is 0 Å². The number of aliphatic hydroxyl groups excluding tert-OH is 1. The van der Waals surface area contributed by atoms with Gasteiger partial charge in [0.2, 0.25) is 5.44 Å². The number of aliphatic hydroxyl groups is 1. The molecule has 1 rings (SSSR count). The number of aliphatic carboxylic acids is 1. The molecule has 1 aromatic carbocycles.